The van der Waals surface area contributed by atoms with Gasteiger partial charge in [0.15, 0.2) is 0 Å². The number of piperazine rings is 1. The average Bonchev–Trinajstić information content (AvgIpc) is 2.99. The molecule has 3 aromatic rings. The molecule has 2 atom stereocenters. The van der Waals surface area contributed by atoms with Crippen molar-refractivity contribution in [2.45, 2.75) is 44.4 Å². The number of nitrogens with zero attached hydrogens (tertiary/aromatic N) is 2. The molecule has 3 aromatic carbocycles. The summed E-state index contributed by atoms with van der Waals surface area (Å²) in [5.41, 5.74) is 16.0. The van der Waals surface area contributed by atoms with Crippen molar-refractivity contribution >= 4 is 17.7 Å². The van der Waals surface area contributed by atoms with E-state index in [4.69, 9.17) is 11.5 Å². The Morgan fingerprint density at radius 2 is 1.44 bits per heavy atom. The van der Waals surface area contributed by atoms with Crippen molar-refractivity contribution in [2.24, 2.45) is 11.5 Å². The lowest BCUT2D eigenvalue weighted by molar-refractivity contribution is -0.149. The summed E-state index contributed by atoms with van der Waals surface area (Å²) in [4.78, 5) is 43.2. The van der Waals surface area contributed by atoms with Crippen LogP contribution >= 0.6 is 0 Å². The molecular weight excluding hydrogens is 490 g/mol. The van der Waals surface area contributed by atoms with Crippen molar-refractivity contribution in [2.75, 3.05) is 19.6 Å². The molecule has 2 unspecified atom stereocenters. The van der Waals surface area contributed by atoms with Gasteiger partial charge in [0.2, 0.25) is 17.7 Å². The highest BCUT2D eigenvalue weighted by atomic mass is 16.2. The zero-order chi connectivity index (χ0) is 27.6. The maximum atomic E-state index is 13.5. The van der Waals surface area contributed by atoms with Crippen molar-refractivity contribution in [1.29, 1.82) is 0 Å². The van der Waals surface area contributed by atoms with E-state index in [9.17, 15) is 14.4 Å². The minimum atomic E-state index is -0.822. The van der Waals surface area contributed by atoms with Gasteiger partial charge in [-0.15, -0.1) is 0 Å². The zero-order valence-corrected chi connectivity index (χ0v) is 22.2. The van der Waals surface area contributed by atoms with Crippen molar-refractivity contribution in [3.8, 4) is 0 Å². The van der Waals surface area contributed by atoms with Crippen LogP contribution in [-0.2, 0) is 40.3 Å². The Labute approximate surface area is 230 Å². The van der Waals surface area contributed by atoms with Gasteiger partial charge in [0.25, 0.3) is 0 Å². The quantitative estimate of drug-likeness (QED) is 0.372. The second-order valence-electron chi connectivity index (χ2n) is 9.92. The number of nitrogens with two attached hydrogens (primary N) is 2. The molecule has 0 bridgehead atoms. The summed E-state index contributed by atoms with van der Waals surface area (Å²) >= 11 is 0. The molecule has 204 valence electrons. The minimum absolute atomic E-state index is 0.0724. The van der Waals surface area contributed by atoms with E-state index < -0.39 is 12.1 Å². The molecule has 0 spiro atoms. The molecule has 39 heavy (non-hydrogen) atoms. The van der Waals surface area contributed by atoms with Gasteiger partial charge in [-0.3, -0.25) is 14.4 Å². The summed E-state index contributed by atoms with van der Waals surface area (Å²) in [7, 11) is 0. The van der Waals surface area contributed by atoms with Crippen LogP contribution in [0, 0.1) is 0 Å². The number of carbonyl (C=O) groups excluding carboxylic acids is 3. The third-order valence-electron chi connectivity index (χ3n) is 7.15. The van der Waals surface area contributed by atoms with Crippen molar-refractivity contribution < 1.29 is 14.4 Å². The Kier molecular flexibility index (Phi) is 9.83. The predicted octanol–water partition coefficient (Wildman–Crippen LogP) is 2.00. The number of rotatable bonds is 10. The Balaban J connectivity index is 1.44. The number of hydrogen-bond acceptors (Lipinski definition) is 5. The molecule has 3 amide bonds. The summed E-state index contributed by atoms with van der Waals surface area (Å²) in [5.74, 6) is -0.649. The first-order valence-electron chi connectivity index (χ1n) is 13.4. The lowest BCUT2D eigenvalue weighted by Gasteiger charge is -2.41. The molecule has 4 rings (SSSR count). The molecule has 1 aliphatic heterocycles. The molecule has 0 radical (unpaired) electrons. The maximum Gasteiger partial charge on any atom is 0.244 e. The Morgan fingerprint density at radius 3 is 2.08 bits per heavy atom. The number of hydrogen-bond donors (Lipinski definition) is 3. The second kappa shape index (κ2) is 13.7. The molecule has 5 N–H and O–H groups in total. The van der Waals surface area contributed by atoms with Crippen molar-refractivity contribution in [3.05, 3.63) is 107 Å². The van der Waals surface area contributed by atoms with E-state index in [1.54, 1.807) is 9.80 Å². The highest BCUT2D eigenvalue weighted by Gasteiger charge is 2.38. The van der Waals surface area contributed by atoms with E-state index in [-0.39, 0.29) is 37.2 Å². The normalized spacial score (nSPS) is 16.0. The first-order valence-corrected chi connectivity index (χ1v) is 13.4. The number of benzene rings is 3. The Bertz CT molecular complexity index is 1230. The number of nitrogens with one attached hydrogen (secondary N) is 1. The summed E-state index contributed by atoms with van der Waals surface area (Å²) in [6.07, 6.45) is 1.38. The lowest BCUT2D eigenvalue weighted by Crippen LogP contribution is -2.63. The third-order valence-corrected chi connectivity index (χ3v) is 7.15. The summed E-state index contributed by atoms with van der Waals surface area (Å²) in [6.45, 7) is 1.49. The molecule has 1 fully saturated rings. The van der Waals surface area contributed by atoms with Gasteiger partial charge in [-0.05, 0) is 35.1 Å². The molecule has 0 aliphatic carbocycles. The van der Waals surface area contributed by atoms with Gasteiger partial charge >= 0.3 is 0 Å². The number of carbonyl (C=O) groups is 3. The molecular formula is C31H37N5O3. The zero-order valence-electron chi connectivity index (χ0n) is 22.2. The molecule has 8 nitrogen and oxygen atoms in total. The van der Waals surface area contributed by atoms with Crippen LogP contribution in [-0.4, -0.2) is 59.2 Å². The fourth-order valence-corrected chi connectivity index (χ4v) is 4.78. The molecule has 1 heterocycles. The van der Waals surface area contributed by atoms with Gasteiger partial charge in [0.1, 0.15) is 6.04 Å². The van der Waals surface area contributed by atoms with Crippen LogP contribution in [0.25, 0.3) is 0 Å². The van der Waals surface area contributed by atoms with Gasteiger partial charge in [-0.2, -0.15) is 0 Å². The maximum absolute atomic E-state index is 13.5. The highest BCUT2D eigenvalue weighted by molar-refractivity contribution is 5.91. The van der Waals surface area contributed by atoms with E-state index in [2.05, 4.69) is 5.32 Å². The SMILES string of the molecule is NCc1ccc(CNC(=O)C2CN(C(=O)Cc3ccccc3)CCN2C(=O)C(N)CCc2ccccc2)cc1. The fraction of sp³-hybridized carbons (Fsp3) is 0.323. The van der Waals surface area contributed by atoms with Gasteiger partial charge < -0.3 is 26.6 Å². The monoisotopic (exact) mass is 527 g/mol. The molecule has 1 saturated heterocycles. The van der Waals surface area contributed by atoms with Crippen molar-refractivity contribution in [1.82, 2.24) is 15.1 Å². The van der Waals surface area contributed by atoms with Gasteiger partial charge in [-0.25, -0.2) is 0 Å². The summed E-state index contributed by atoms with van der Waals surface area (Å²) in [6, 6.07) is 25.5. The second-order valence-corrected chi connectivity index (χ2v) is 9.92. The molecule has 8 heteroatoms. The van der Waals surface area contributed by atoms with E-state index >= 15 is 0 Å². The lowest BCUT2D eigenvalue weighted by atomic mass is 10.0. The first-order chi connectivity index (χ1) is 18.9. The van der Waals surface area contributed by atoms with Crippen LogP contribution in [0.1, 0.15) is 28.7 Å². The average molecular weight is 528 g/mol. The molecule has 0 saturated carbocycles. The summed E-state index contributed by atoms with van der Waals surface area (Å²) < 4.78 is 0. The minimum Gasteiger partial charge on any atom is -0.350 e. The standard InChI is InChI=1S/C31H37N5O3/c32-20-25-11-13-26(14-12-25)21-34-30(38)28-22-35(29(37)19-24-9-5-2-6-10-24)17-18-36(28)31(39)27(33)16-15-23-7-3-1-4-8-23/h1-14,27-28H,15-22,32-33H2,(H,34,38). The summed E-state index contributed by atoms with van der Waals surface area (Å²) in [5, 5.41) is 2.95. The molecule has 0 aromatic heterocycles. The van der Waals surface area contributed by atoms with Crippen LogP contribution in [0.5, 0.6) is 0 Å². The van der Waals surface area contributed by atoms with Gasteiger partial charge in [0.05, 0.1) is 19.0 Å². The smallest absolute Gasteiger partial charge is 0.244 e. The third kappa shape index (κ3) is 7.75. The van der Waals surface area contributed by atoms with E-state index in [1.807, 2.05) is 84.9 Å². The van der Waals surface area contributed by atoms with E-state index in [0.29, 0.717) is 32.5 Å². The van der Waals surface area contributed by atoms with E-state index in [0.717, 1.165) is 22.3 Å². The highest BCUT2D eigenvalue weighted by Crippen LogP contribution is 2.16. The topological polar surface area (TPSA) is 122 Å². The predicted molar refractivity (Wildman–Crippen MR) is 151 cm³/mol. The van der Waals surface area contributed by atoms with Gasteiger partial charge in [0, 0.05) is 26.2 Å². The first kappa shape index (κ1) is 28.0. The van der Waals surface area contributed by atoms with Crippen molar-refractivity contribution in [3.63, 3.8) is 0 Å². The Morgan fingerprint density at radius 1 is 0.821 bits per heavy atom. The van der Waals surface area contributed by atoms with Gasteiger partial charge in [-0.1, -0.05) is 84.9 Å². The van der Waals surface area contributed by atoms with Crippen LogP contribution < -0.4 is 16.8 Å². The van der Waals surface area contributed by atoms with Crippen LogP contribution in [0.15, 0.2) is 84.9 Å². The number of amides is 3. The Hall–Kier alpha value is -4.01. The van der Waals surface area contributed by atoms with Crippen LogP contribution in [0.4, 0.5) is 0 Å². The number of aryl methyl sites for hydroxylation is 1. The molecule has 1 aliphatic rings. The van der Waals surface area contributed by atoms with Crippen LogP contribution in [0.2, 0.25) is 0 Å². The van der Waals surface area contributed by atoms with E-state index in [1.165, 1.54) is 0 Å². The largest absolute Gasteiger partial charge is 0.350 e. The van der Waals surface area contributed by atoms with Crippen LogP contribution in [0.3, 0.4) is 0 Å². The fourth-order valence-electron chi connectivity index (χ4n) is 4.78.